The number of hydrogen-bond donors (Lipinski definition) is 0. The molecule has 2 rings (SSSR count). The third-order valence-electron chi connectivity index (χ3n) is 1.04. The summed E-state index contributed by atoms with van der Waals surface area (Å²) in [6.45, 7) is 0. The lowest BCUT2D eigenvalue weighted by molar-refractivity contribution is 0.919. The van der Waals surface area contributed by atoms with E-state index in [1.807, 2.05) is 0 Å². The molecule has 0 amide bonds. The van der Waals surface area contributed by atoms with Crippen LogP contribution in [0, 0.1) is 6.20 Å². The molecule has 0 N–H and O–H groups in total. The Hall–Kier alpha value is -1.45. The van der Waals surface area contributed by atoms with E-state index >= 15 is 0 Å². The maximum Gasteiger partial charge on any atom is 0.159 e. The topological polar surface area (TPSA) is 43.1 Å². The molecule has 0 bridgehead atoms. The van der Waals surface area contributed by atoms with E-state index in [1.54, 1.807) is 16.9 Å². The predicted octanol–water partition coefficient (Wildman–Crippen LogP) is -0.0755. The lowest BCUT2D eigenvalue weighted by Gasteiger charge is -1.83. The summed E-state index contributed by atoms with van der Waals surface area (Å²) >= 11 is 0. The molecule has 2 aromatic rings. The van der Waals surface area contributed by atoms with E-state index in [2.05, 4.69) is 21.3 Å². The third-order valence-corrected chi connectivity index (χ3v) is 1.04. The molecule has 0 aliphatic carbocycles. The number of rotatable bonds is 0. The summed E-state index contributed by atoms with van der Waals surface area (Å²) in [7, 11) is 0. The van der Waals surface area contributed by atoms with Crippen molar-refractivity contribution in [2.75, 3.05) is 0 Å². The van der Waals surface area contributed by atoms with E-state index < -0.39 is 0 Å². The van der Waals surface area contributed by atoms with E-state index in [9.17, 15) is 0 Å². The van der Waals surface area contributed by atoms with Gasteiger partial charge in [0.1, 0.15) is 12.7 Å². The number of hydrogen-bond acceptors (Lipinski definition) is 3. The molecule has 0 aliphatic heterocycles. The van der Waals surface area contributed by atoms with E-state index in [4.69, 9.17) is 0 Å². The molecular weight excluding hydrogens is 116 g/mol. The highest BCUT2D eigenvalue weighted by atomic mass is 15.3. The normalized spacial score (nSPS) is 10.2. The molecule has 0 aliphatic rings. The van der Waals surface area contributed by atoms with Crippen LogP contribution in [0.3, 0.4) is 0 Å². The fourth-order valence-electron chi connectivity index (χ4n) is 0.634. The molecule has 1 radical (unpaired) electrons. The highest BCUT2D eigenvalue weighted by Gasteiger charge is 1.88. The molecule has 0 spiro atoms. The smallest absolute Gasteiger partial charge is 0.159 e. The quantitative estimate of drug-likeness (QED) is 0.487. The highest BCUT2D eigenvalue weighted by Crippen LogP contribution is 1.89. The maximum absolute atomic E-state index is 3.90. The van der Waals surface area contributed by atoms with Crippen molar-refractivity contribution in [1.29, 1.82) is 0 Å². The van der Waals surface area contributed by atoms with Crippen molar-refractivity contribution >= 4 is 5.65 Å². The first-order chi connectivity index (χ1) is 4.47. The Labute approximate surface area is 51.2 Å². The van der Waals surface area contributed by atoms with Crippen LogP contribution in [0.1, 0.15) is 0 Å². The van der Waals surface area contributed by atoms with Gasteiger partial charge in [0.15, 0.2) is 5.65 Å². The number of fused-ring (bicyclic) bond motifs is 1. The van der Waals surface area contributed by atoms with Crippen molar-refractivity contribution in [2.45, 2.75) is 0 Å². The van der Waals surface area contributed by atoms with Crippen molar-refractivity contribution in [3.05, 3.63) is 24.9 Å². The Kier molecular flexibility index (Phi) is 0.745. The molecule has 0 saturated heterocycles. The van der Waals surface area contributed by atoms with Crippen molar-refractivity contribution in [3.8, 4) is 0 Å². The summed E-state index contributed by atoms with van der Waals surface area (Å²) < 4.78 is 1.58. The van der Waals surface area contributed by atoms with Crippen LogP contribution in [-0.4, -0.2) is 19.6 Å². The second-order valence-electron chi connectivity index (χ2n) is 1.58. The molecule has 9 heavy (non-hydrogen) atoms. The second kappa shape index (κ2) is 1.51. The predicted molar refractivity (Wildman–Crippen MR) is 29.6 cm³/mol. The molecule has 4 nitrogen and oxygen atoms in total. The van der Waals surface area contributed by atoms with E-state index in [-0.39, 0.29) is 0 Å². The largest absolute Gasteiger partial charge is 0.234 e. The zero-order valence-electron chi connectivity index (χ0n) is 4.52. The Morgan fingerprint density at radius 3 is 3.44 bits per heavy atom. The van der Waals surface area contributed by atoms with Gasteiger partial charge in [-0.3, -0.25) is 0 Å². The maximum atomic E-state index is 3.90. The lowest BCUT2D eigenvalue weighted by atomic mass is 10.6. The minimum absolute atomic E-state index is 0.769. The summed E-state index contributed by atoms with van der Waals surface area (Å²) in [5.41, 5.74) is 0.769. The summed E-state index contributed by atoms with van der Waals surface area (Å²) in [6, 6.07) is 1.67. The Bertz CT molecular complexity index is 283. The minimum atomic E-state index is 0.769. The fourth-order valence-corrected chi connectivity index (χ4v) is 0.634. The molecule has 2 aromatic heterocycles. The third kappa shape index (κ3) is 0.561. The highest BCUT2D eigenvalue weighted by molar-refractivity contribution is 5.32. The Morgan fingerprint density at radius 1 is 1.56 bits per heavy atom. The van der Waals surface area contributed by atoms with Gasteiger partial charge in [-0.25, -0.2) is 14.5 Å². The molecule has 0 atom stereocenters. The van der Waals surface area contributed by atoms with Gasteiger partial charge >= 0.3 is 0 Å². The van der Waals surface area contributed by atoms with Crippen LogP contribution >= 0.6 is 0 Å². The van der Waals surface area contributed by atoms with Crippen LogP contribution in [-0.2, 0) is 0 Å². The van der Waals surface area contributed by atoms with Crippen LogP contribution in [0.5, 0.6) is 0 Å². The first-order valence-electron chi connectivity index (χ1n) is 2.48. The van der Waals surface area contributed by atoms with Crippen molar-refractivity contribution in [1.82, 2.24) is 19.6 Å². The average Bonchev–Trinajstić information content (AvgIpc) is 2.33. The Balaban J connectivity index is 2.95. The standard InChI is InChI=1S/C5H3N4/c1-2-6-4-9-5(1)7-3-8-9/h1,3-4H. The van der Waals surface area contributed by atoms with E-state index in [0.29, 0.717) is 0 Å². The summed E-state index contributed by atoms with van der Waals surface area (Å²) in [4.78, 5) is 7.62. The summed E-state index contributed by atoms with van der Waals surface area (Å²) in [5, 5.41) is 3.84. The SMILES string of the molecule is [c]1cc2ncnn2cn1. The van der Waals surface area contributed by atoms with Crippen LogP contribution in [0.15, 0.2) is 18.7 Å². The van der Waals surface area contributed by atoms with Gasteiger partial charge in [-0.2, -0.15) is 5.10 Å². The van der Waals surface area contributed by atoms with E-state index in [0.717, 1.165) is 5.65 Å². The number of aromatic nitrogens is 4. The summed E-state index contributed by atoms with van der Waals surface area (Å²) in [5.74, 6) is 0. The molecule has 43 valence electrons. The number of nitrogens with zero attached hydrogens (tertiary/aromatic N) is 4. The van der Waals surface area contributed by atoms with Crippen LogP contribution in [0.2, 0.25) is 0 Å². The molecule has 4 heteroatoms. The zero-order valence-corrected chi connectivity index (χ0v) is 4.52. The van der Waals surface area contributed by atoms with Gasteiger partial charge in [0.05, 0.1) is 6.20 Å². The molecule has 2 heterocycles. The fraction of sp³-hybridized carbons (Fsp3) is 0. The minimum Gasteiger partial charge on any atom is -0.234 e. The lowest BCUT2D eigenvalue weighted by Crippen LogP contribution is -1.86. The van der Waals surface area contributed by atoms with Gasteiger partial charge < -0.3 is 0 Å². The first kappa shape index (κ1) is 4.43. The molecule has 0 saturated carbocycles. The van der Waals surface area contributed by atoms with Gasteiger partial charge in [-0.15, -0.1) is 0 Å². The molecular formula is C5H3N4. The van der Waals surface area contributed by atoms with Crippen molar-refractivity contribution < 1.29 is 0 Å². The average molecular weight is 119 g/mol. The summed E-state index contributed by atoms with van der Waals surface area (Å²) in [6.07, 6.45) is 5.68. The van der Waals surface area contributed by atoms with Crippen LogP contribution in [0.4, 0.5) is 0 Å². The molecule has 0 aromatic carbocycles. The zero-order chi connectivity index (χ0) is 6.10. The van der Waals surface area contributed by atoms with E-state index in [1.165, 1.54) is 6.33 Å². The van der Waals surface area contributed by atoms with Gasteiger partial charge in [0, 0.05) is 6.07 Å². The van der Waals surface area contributed by atoms with Gasteiger partial charge in [0.25, 0.3) is 0 Å². The van der Waals surface area contributed by atoms with Gasteiger partial charge in [-0.05, 0) is 0 Å². The van der Waals surface area contributed by atoms with Crippen molar-refractivity contribution in [3.63, 3.8) is 0 Å². The second-order valence-corrected chi connectivity index (χ2v) is 1.58. The van der Waals surface area contributed by atoms with Gasteiger partial charge in [-0.1, -0.05) is 0 Å². The van der Waals surface area contributed by atoms with Crippen molar-refractivity contribution in [2.24, 2.45) is 0 Å². The first-order valence-corrected chi connectivity index (χ1v) is 2.48. The van der Waals surface area contributed by atoms with Gasteiger partial charge in [0.2, 0.25) is 0 Å². The Morgan fingerprint density at radius 2 is 2.56 bits per heavy atom. The van der Waals surface area contributed by atoms with Crippen LogP contribution in [0.25, 0.3) is 5.65 Å². The van der Waals surface area contributed by atoms with Crippen LogP contribution < -0.4 is 0 Å². The molecule has 0 unspecified atom stereocenters. The monoisotopic (exact) mass is 119 g/mol. The molecule has 0 fully saturated rings.